The predicted octanol–water partition coefficient (Wildman–Crippen LogP) is 12.9. The molecule has 0 aliphatic heterocycles. The van der Waals surface area contributed by atoms with Crippen LogP contribution in [0.15, 0.2) is 192 Å². The molecule has 0 amide bonds. The van der Waals surface area contributed by atoms with E-state index >= 15 is 0 Å². The van der Waals surface area contributed by atoms with Crippen molar-refractivity contribution in [1.82, 2.24) is 15.0 Å². The van der Waals surface area contributed by atoms with Crippen molar-refractivity contribution in [3.63, 3.8) is 0 Å². The van der Waals surface area contributed by atoms with Gasteiger partial charge >= 0.3 is 0 Å². The summed E-state index contributed by atoms with van der Waals surface area (Å²) in [6.07, 6.45) is 0. The monoisotopic (exact) mass is 677 g/mol. The average molecular weight is 678 g/mol. The fourth-order valence-corrected chi connectivity index (χ4v) is 7.34. The van der Waals surface area contributed by atoms with E-state index in [2.05, 4.69) is 170 Å². The number of furan rings is 1. The fraction of sp³-hybridized carbons (Fsp3) is 0. The maximum absolute atomic E-state index is 6.71. The Bertz CT molecular complexity index is 2920. The lowest BCUT2D eigenvalue weighted by molar-refractivity contribution is 0.673. The number of nitrogens with zero attached hydrogens (tertiary/aromatic N) is 3. The first kappa shape index (κ1) is 30.6. The molecule has 0 saturated carbocycles. The topological polar surface area (TPSA) is 51.8 Å². The number of hydrogen-bond donors (Lipinski definition) is 0. The Labute approximate surface area is 306 Å². The smallest absolute Gasteiger partial charge is 0.164 e. The molecule has 8 aromatic carbocycles. The van der Waals surface area contributed by atoms with Crippen molar-refractivity contribution in [2.75, 3.05) is 0 Å². The van der Waals surface area contributed by atoms with Crippen LogP contribution in [0.4, 0.5) is 0 Å². The zero-order valence-electron chi connectivity index (χ0n) is 28.6. The molecular formula is C49H31N3O. The Balaban J connectivity index is 1.15. The molecule has 0 aliphatic rings. The molecule has 10 aromatic rings. The molecule has 4 nitrogen and oxygen atoms in total. The Kier molecular flexibility index (Phi) is 7.43. The highest BCUT2D eigenvalue weighted by Gasteiger charge is 2.19. The van der Waals surface area contributed by atoms with Crippen molar-refractivity contribution >= 4 is 32.7 Å². The maximum atomic E-state index is 6.71. The first-order valence-corrected chi connectivity index (χ1v) is 17.8. The molecule has 0 saturated heterocycles. The first-order chi connectivity index (χ1) is 26.3. The van der Waals surface area contributed by atoms with Crippen molar-refractivity contribution in [3.05, 3.63) is 188 Å². The number of hydrogen-bond acceptors (Lipinski definition) is 4. The van der Waals surface area contributed by atoms with Crippen LogP contribution in [-0.4, -0.2) is 15.0 Å². The van der Waals surface area contributed by atoms with Crippen molar-refractivity contribution in [3.8, 4) is 67.5 Å². The number of benzene rings is 8. The molecule has 2 aromatic heterocycles. The van der Waals surface area contributed by atoms with E-state index in [-0.39, 0.29) is 0 Å². The van der Waals surface area contributed by atoms with E-state index in [4.69, 9.17) is 19.4 Å². The van der Waals surface area contributed by atoms with Gasteiger partial charge in [0.2, 0.25) is 0 Å². The van der Waals surface area contributed by atoms with Crippen LogP contribution in [-0.2, 0) is 0 Å². The third kappa shape index (κ3) is 5.54. The van der Waals surface area contributed by atoms with Crippen LogP contribution in [0.1, 0.15) is 0 Å². The normalized spacial score (nSPS) is 11.4. The molecule has 248 valence electrons. The van der Waals surface area contributed by atoms with Crippen LogP contribution < -0.4 is 0 Å². The molecule has 0 fully saturated rings. The van der Waals surface area contributed by atoms with Crippen LogP contribution in [0.5, 0.6) is 0 Å². The second-order valence-corrected chi connectivity index (χ2v) is 13.2. The van der Waals surface area contributed by atoms with Crippen LogP contribution in [0.25, 0.3) is 100 Å². The highest BCUT2D eigenvalue weighted by Crippen LogP contribution is 2.41. The van der Waals surface area contributed by atoms with Gasteiger partial charge in [0.15, 0.2) is 17.5 Å². The van der Waals surface area contributed by atoms with Crippen molar-refractivity contribution < 1.29 is 4.42 Å². The zero-order chi connectivity index (χ0) is 35.1. The number of rotatable bonds is 6. The fourth-order valence-electron chi connectivity index (χ4n) is 7.34. The standard InChI is InChI=1S/C49H31N3O/c1-4-14-32(15-5-1)33-24-26-36(27-25-33)47-50-48(52-49(51-47)42-23-13-10-20-38(42)34-16-6-2-7-17-34)37-28-29-40-44-31-43(35-18-8-3-9-19-35)39-21-11-12-22-41(39)46(44)53-45(40)30-37/h1-31H. The van der Waals surface area contributed by atoms with Gasteiger partial charge in [0.1, 0.15) is 11.2 Å². The van der Waals surface area contributed by atoms with Crippen molar-refractivity contribution in [1.29, 1.82) is 0 Å². The van der Waals surface area contributed by atoms with Crippen molar-refractivity contribution in [2.24, 2.45) is 0 Å². The van der Waals surface area contributed by atoms with Gasteiger partial charge in [0.05, 0.1) is 0 Å². The SMILES string of the molecule is c1ccc(-c2ccc(-c3nc(-c4ccc5c(c4)oc4c6ccccc6c(-c6ccccc6)cc54)nc(-c4ccccc4-c4ccccc4)n3)cc2)cc1. The minimum absolute atomic E-state index is 0.581. The third-order valence-corrected chi connectivity index (χ3v) is 9.96. The summed E-state index contributed by atoms with van der Waals surface area (Å²) in [5.41, 5.74) is 11.2. The summed E-state index contributed by atoms with van der Waals surface area (Å²) in [6.45, 7) is 0. The molecule has 2 heterocycles. The highest BCUT2D eigenvalue weighted by molar-refractivity contribution is 6.19. The molecule has 0 bridgehead atoms. The highest BCUT2D eigenvalue weighted by atomic mass is 16.3. The van der Waals surface area contributed by atoms with Gasteiger partial charge in [-0.3, -0.25) is 0 Å². The van der Waals surface area contributed by atoms with E-state index in [0.717, 1.165) is 71.7 Å². The van der Waals surface area contributed by atoms with Crippen LogP contribution >= 0.6 is 0 Å². The van der Waals surface area contributed by atoms with E-state index in [9.17, 15) is 0 Å². The molecule has 0 aliphatic carbocycles. The van der Waals surface area contributed by atoms with Crippen LogP contribution in [0.3, 0.4) is 0 Å². The second-order valence-electron chi connectivity index (χ2n) is 13.2. The predicted molar refractivity (Wildman–Crippen MR) is 217 cm³/mol. The Morgan fingerprint density at radius 1 is 0.283 bits per heavy atom. The minimum atomic E-state index is 0.581. The Morgan fingerprint density at radius 2 is 0.774 bits per heavy atom. The largest absolute Gasteiger partial charge is 0.455 e. The Hall–Kier alpha value is -7.17. The Morgan fingerprint density at radius 3 is 1.47 bits per heavy atom. The lowest BCUT2D eigenvalue weighted by Crippen LogP contribution is -2.01. The van der Waals surface area contributed by atoms with Gasteiger partial charge in [-0.1, -0.05) is 170 Å². The van der Waals surface area contributed by atoms with E-state index in [1.54, 1.807) is 0 Å². The lowest BCUT2D eigenvalue weighted by Gasteiger charge is -2.12. The van der Waals surface area contributed by atoms with E-state index in [1.807, 2.05) is 18.2 Å². The lowest BCUT2D eigenvalue weighted by atomic mass is 9.95. The summed E-state index contributed by atoms with van der Waals surface area (Å²) in [4.78, 5) is 15.4. The number of fused-ring (bicyclic) bond motifs is 5. The van der Waals surface area contributed by atoms with Gasteiger partial charge in [-0.2, -0.15) is 0 Å². The summed E-state index contributed by atoms with van der Waals surface area (Å²) in [5, 5.41) is 4.37. The third-order valence-electron chi connectivity index (χ3n) is 9.96. The van der Waals surface area contributed by atoms with E-state index in [1.165, 1.54) is 11.1 Å². The molecule has 0 radical (unpaired) electrons. The molecular weight excluding hydrogens is 647 g/mol. The molecule has 0 N–H and O–H groups in total. The first-order valence-electron chi connectivity index (χ1n) is 17.8. The molecule has 53 heavy (non-hydrogen) atoms. The second kappa shape index (κ2) is 12.9. The van der Waals surface area contributed by atoms with Crippen LogP contribution in [0.2, 0.25) is 0 Å². The summed E-state index contributed by atoms with van der Waals surface area (Å²) >= 11 is 0. The molecule has 0 unspecified atom stereocenters. The quantitative estimate of drug-likeness (QED) is 0.176. The molecule has 0 spiro atoms. The summed E-state index contributed by atoms with van der Waals surface area (Å²) in [7, 11) is 0. The van der Waals surface area contributed by atoms with Gasteiger partial charge in [-0.25, -0.2) is 15.0 Å². The van der Waals surface area contributed by atoms with Gasteiger partial charge < -0.3 is 4.42 Å². The van der Waals surface area contributed by atoms with Gasteiger partial charge in [-0.05, 0) is 57.0 Å². The van der Waals surface area contributed by atoms with Crippen LogP contribution in [0, 0.1) is 0 Å². The van der Waals surface area contributed by atoms with Gasteiger partial charge in [-0.15, -0.1) is 0 Å². The maximum Gasteiger partial charge on any atom is 0.164 e. The zero-order valence-corrected chi connectivity index (χ0v) is 28.6. The summed E-state index contributed by atoms with van der Waals surface area (Å²) in [6, 6.07) is 65.1. The summed E-state index contributed by atoms with van der Waals surface area (Å²) in [5.74, 6) is 1.80. The van der Waals surface area contributed by atoms with Gasteiger partial charge in [0, 0.05) is 32.8 Å². The molecule has 0 atom stereocenters. The number of aromatic nitrogens is 3. The molecule has 10 rings (SSSR count). The summed E-state index contributed by atoms with van der Waals surface area (Å²) < 4.78 is 6.71. The minimum Gasteiger partial charge on any atom is -0.455 e. The van der Waals surface area contributed by atoms with Crippen molar-refractivity contribution in [2.45, 2.75) is 0 Å². The van der Waals surface area contributed by atoms with Gasteiger partial charge in [0.25, 0.3) is 0 Å². The van der Waals surface area contributed by atoms with E-state index in [0.29, 0.717) is 17.5 Å². The van der Waals surface area contributed by atoms with E-state index < -0.39 is 0 Å². The average Bonchev–Trinajstić information content (AvgIpc) is 3.62. The molecule has 4 heteroatoms.